The lowest BCUT2D eigenvalue weighted by atomic mass is 10.0. The number of piperidine rings is 1. The van der Waals surface area contributed by atoms with E-state index < -0.39 is 0 Å². The monoisotopic (exact) mass is 415 g/mol. The molecular weight excluding hydrogens is 390 g/mol. The fourth-order valence-electron chi connectivity index (χ4n) is 3.79. The molecule has 3 aromatic rings. The van der Waals surface area contributed by atoms with Gasteiger partial charge in [0.05, 0.1) is 27.4 Å². The van der Waals surface area contributed by atoms with E-state index in [9.17, 15) is 0 Å². The molecule has 1 aliphatic heterocycles. The Hall–Kier alpha value is -2.58. The van der Waals surface area contributed by atoms with Gasteiger partial charge in [0.2, 0.25) is 17.5 Å². The van der Waals surface area contributed by atoms with Crippen molar-refractivity contribution in [3.63, 3.8) is 0 Å². The quantitative estimate of drug-likeness (QED) is 0.561. The summed E-state index contributed by atoms with van der Waals surface area (Å²) in [6, 6.07) is 6.09. The Morgan fingerprint density at radius 3 is 2.55 bits per heavy atom. The van der Waals surface area contributed by atoms with E-state index in [0.717, 1.165) is 43.5 Å². The average Bonchev–Trinajstić information content (AvgIpc) is 3.45. The fourth-order valence-corrected chi connectivity index (χ4v) is 4.42. The van der Waals surface area contributed by atoms with Gasteiger partial charge in [0.25, 0.3) is 0 Å². The first kappa shape index (κ1) is 19.7. The molecule has 0 radical (unpaired) electrons. The van der Waals surface area contributed by atoms with Gasteiger partial charge in [-0.25, -0.2) is 0 Å². The Labute approximate surface area is 174 Å². The molecule has 0 N–H and O–H groups in total. The van der Waals surface area contributed by atoms with Gasteiger partial charge < -0.3 is 18.6 Å². The third-order valence-corrected chi connectivity index (χ3v) is 5.90. The number of rotatable bonds is 7. The fraction of sp³-hybridized carbons (Fsp3) is 0.429. The van der Waals surface area contributed by atoms with Crippen LogP contribution < -0.4 is 14.2 Å². The largest absolute Gasteiger partial charge is 0.493 e. The van der Waals surface area contributed by atoms with Crippen LogP contribution in [0.1, 0.15) is 36.8 Å². The Bertz CT molecular complexity index is 916. The first-order valence-electron chi connectivity index (χ1n) is 9.62. The molecule has 29 heavy (non-hydrogen) atoms. The molecule has 0 spiro atoms. The van der Waals surface area contributed by atoms with E-state index >= 15 is 0 Å². The number of aromatic nitrogens is 2. The molecule has 154 valence electrons. The van der Waals surface area contributed by atoms with Crippen LogP contribution in [-0.2, 0) is 6.54 Å². The zero-order valence-electron chi connectivity index (χ0n) is 16.9. The molecule has 3 heterocycles. The maximum atomic E-state index is 6.04. The van der Waals surface area contributed by atoms with Gasteiger partial charge in [-0.2, -0.15) is 11.3 Å². The van der Waals surface area contributed by atoms with Crippen molar-refractivity contribution in [3.8, 4) is 28.7 Å². The SMILES string of the molecule is COc1cc(CN2CCCCC2c2nnc(-c3ccsc3)o2)cc(OC)c1OC. The van der Waals surface area contributed by atoms with Crippen LogP contribution >= 0.6 is 11.3 Å². The van der Waals surface area contributed by atoms with Crippen LogP contribution in [0.25, 0.3) is 11.5 Å². The topological polar surface area (TPSA) is 69.9 Å². The van der Waals surface area contributed by atoms with E-state index in [2.05, 4.69) is 15.1 Å². The van der Waals surface area contributed by atoms with Gasteiger partial charge in [-0.05, 0) is 48.5 Å². The van der Waals surface area contributed by atoms with Crippen LogP contribution in [0.2, 0.25) is 0 Å². The van der Waals surface area contributed by atoms with Gasteiger partial charge in [0.15, 0.2) is 11.5 Å². The number of methoxy groups -OCH3 is 3. The minimum atomic E-state index is 0.0997. The predicted molar refractivity (Wildman–Crippen MR) is 111 cm³/mol. The summed E-state index contributed by atoms with van der Waals surface area (Å²) in [4.78, 5) is 2.38. The van der Waals surface area contributed by atoms with Crippen molar-refractivity contribution in [2.75, 3.05) is 27.9 Å². The third-order valence-electron chi connectivity index (χ3n) is 5.22. The number of hydrogen-bond donors (Lipinski definition) is 0. The highest BCUT2D eigenvalue weighted by atomic mass is 32.1. The molecule has 1 aromatic carbocycles. The number of likely N-dealkylation sites (tertiary alicyclic amines) is 1. The van der Waals surface area contributed by atoms with Gasteiger partial charge in [-0.1, -0.05) is 6.42 Å². The molecule has 0 saturated carbocycles. The van der Waals surface area contributed by atoms with E-state index in [4.69, 9.17) is 18.6 Å². The molecule has 7 nitrogen and oxygen atoms in total. The second kappa shape index (κ2) is 8.84. The maximum absolute atomic E-state index is 6.04. The Morgan fingerprint density at radius 2 is 1.90 bits per heavy atom. The molecule has 4 rings (SSSR count). The lowest BCUT2D eigenvalue weighted by Gasteiger charge is -2.33. The van der Waals surface area contributed by atoms with Crippen molar-refractivity contribution in [1.29, 1.82) is 0 Å². The van der Waals surface area contributed by atoms with Crippen LogP contribution in [0.5, 0.6) is 17.2 Å². The van der Waals surface area contributed by atoms with Crippen LogP contribution in [0, 0.1) is 0 Å². The van der Waals surface area contributed by atoms with E-state index in [1.54, 1.807) is 32.7 Å². The van der Waals surface area contributed by atoms with E-state index in [1.807, 2.05) is 29.0 Å². The van der Waals surface area contributed by atoms with Gasteiger partial charge in [0.1, 0.15) is 0 Å². The normalized spacial score (nSPS) is 17.3. The number of nitrogens with zero attached hydrogens (tertiary/aromatic N) is 3. The molecule has 0 amide bonds. The summed E-state index contributed by atoms with van der Waals surface area (Å²) in [5.41, 5.74) is 2.06. The van der Waals surface area contributed by atoms with E-state index in [0.29, 0.717) is 29.0 Å². The van der Waals surface area contributed by atoms with Crippen molar-refractivity contribution < 1.29 is 18.6 Å². The van der Waals surface area contributed by atoms with E-state index in [-0.39, 0.29) is 6.04 Å². The summed E-state index contributed by atoms with van der Waals surface area (Å²) in [7, 11) is 4.88. The predicted octanol–water partition coefficient (Wildman–Crippen LogP) is 4.55. The number of ether oxygens (including phenoxy) is 3. The van der Waals surface area contributed by atoms with Crippen molar-refractivity contribution in [1.82, 2.24) is 15.1 Å². The molecule has 1 aliphatic rings. The van der Waals surface area contributed by atoms with Gasteiger partial charge >= 0.3 is 0 Å². The molecule has 8 heteroatoms. The Morgan fingerprint density at radius 1 is 1.10 bits per heavy atom. The lowest BCUT2D eigenvalue weighted by Crippen LogP contribution is -2.33. The minimum Gasteiger partial charge on any atom is -0.493 e. The van der Waals surface area contributed by atoms with Crippen LogP contribution in [0.4, 0.5) is 0 Å². The summed E-state index contributed by atoms with van der Waals surface area (Å²) < 4.78 is 22.5. The standard InChI is InChI=1S/C21H25N3O4S/c1-25-17-10-14(11-18(26-2)19(17)27-3)12-24-8-5-4-6-16(24)21-23-22-20(28-21)15-7-9-29-13-15/h7,9-11,13,16H,4-6,8,12H2,1-3H3. The zero-order chi connectivity index (χ0) is 20.2. The van der Waals surface area contributed by atoms with Crippen molar-refractivity contribution in [2.24, 2.45) is 0 Å². The summed E-state index contributed by atoms with van der Waals surface area (Å²) >= 11 is 1.62. The Kier molecular flexibility index (Phi) is 6.01. The maximum Gasteiger partial charge on any atom is 0.248 e. The van der Waals surface area contributed by atoms with Crippen LogP contribution in [0.15, 0.2) is 33.4 Å². The van der Waals surface area contributed by atoms with Crippen LogP contribution in [0.3, 0.4) is 0 Å². The number of benzene rings is 1. The second-order valence-corrected chi connectivity index (χ2v) is 7.75. The molecule has 1 fully saturated rings. The molecule has 1 unspecified atom stereocenters. The first-order valence-corrected chi connectivity index (χ1v) is 10.6. The third kappa shape index (κ3) is 4.09. The molecular formula is C21H25N3O4S. The summed E-state index contributed by atoms with van der Waals surface area (Å²) in [5.74, 6) is 3.19. The summed E-state index contributed by atoms with van der Waals surface area (Å²) in [5, 5.41) is 12.6. The first-order chi connectivity index (χ1) is 14.2. The highest BCUT2D eigenvalue weighted by molar-refractivity contribution is 7.08. The van der Waals surface area contributed by atoms with Crippen molar-refractivity contribution in [2.45, 2.75) is 31.8 Å². The molecule has 0 bridgehead atoms. The van der Waals surface area contributed by atoms with E-state index in [1.165, 1.54) is 0 Å². The second-order valence-electron chi connectivity index (χ2n) is 6.97. The highest BCUT2D eigenvalue weighted by Crippen LogP contribution is 2.40. The molecule has 0 aliphatic carbocycles. The average molecular weight is 416 g/mol. The number of thiophene rings is 1. The van der Waals surface area contributed by atoms with Crippen LogP contribution in [-0.4, -0.2) is 43.0 Å². The number of hydrogen-bond acceptors (Lipinski definition) is 8. The summed E-state index contributed by atoms with van der Waals surface area (Å²) in [6.07, 6.45) is 3.29. The summed E-state index contributed by atoms with van der Waals surface area (Å²) in [6.45, 7) is 1.70. The van der Waals surface area contributed by atoms with Gasteiger partial charge in [-0.3, -0.25) is 4.90 Å². The Balaban J connectivity index is 1.59. The lowest BCUT2D eigenvalue weighted by molar-refractivity contribution is 0.118. The molecule has 1 atom stereocenters. The highest BCUT2D eigenvalue weighted by Gasteiger charge is 2.29. The van der Waals surface area contributed by atoms with Gasteiger partial charge in [-0.15, -0.1) is 10.2 Å². The van der Waals surface area contributed by atoms with Crippen molar-refractivity contribution in [3.05, 3.63) is 40.4 Å². The molecule has 2 aromatic heterocycles. The minimum absolute atomic E-state index is 0.0997. The zero-order valence-corrected chi connectivity index (χ0v) is 17.7. The smallest absolute Gasteiger partial charge is 0.248 e. The molecule has 1 saturated heterocycles. The van der Waals surface area contributed by atoms with Gasteiger partial charge in [0, 0.05) is 17.5 Å². The van der Waals surface area contributed by atoms with Crippen molar-refractivity contribution >= 4 is 11.3 Å².